The first-order valence-corrected chi connectivity index (χ1v) is 7.05. The van der Waals surface area contributed by atoms with Gasteiger partial charge in [-0.2, -0.15) is 5.26 Å². The van der Waals surface area contributed by atoms with Crippen molar-refractivity contribution < 1.29 is 9.90 Å². The molecule has 0 atom stereocenters. The first kappa shape index (κ1) is 15.3. The zero-order valence-electron chi connectivity index (χ0n) is 12.5. The lowest BCUT2D eigenvalue weighted by molar-refractivity contribution is -0.135. The fourth-order valence-corrected chi connectivity index (χ4v) is 2.53. The molecule has 0 saturated heterocycles. The Bertz CT molecular complexity index is 578. The molecule has 0 saturated carbocycles. The standard InChI is InChI=1S/C15H20N4O2/c1-18(2)6-7-19(10-14(20)21)15-12(9-16)8-11-4-3-5-13(11)17-15/h8H,3-7,10H2,1-2H3,(H,20,21). The molecule has 0 aromatic carbocycles. The number of hydrogen-bond donors (Lipinski definition) is 1. The summed E-state index contributed by atoms with van der Waals surface area (Å²) in [4.78, 5) is 19.3. The monoisotopic (exact) mass is 288 g/mol. The second-order valence-corrected chi connectivity index (χ2v) is 5.55. The number of pyridine rings is 1. The molecule has 6 nitrogen and oxygen atoms in total. The topological polar surface area (TPSA) is 80.5 Å². The lowest BCUT2D eigenvalue weighted by Crippen LogP contribution is -2.36. The van der Waals surface area contributed by atoms with E-state index in [4.69, 9.17) is 5.11 Å². The van der Waals surface area contributed by atoms with Crippen molar-refractivity contribution in [3.05, 3.63) is 22.9 Å². The van der Waals surface area contributed by atoms with Gasteiger partial charge in [0.25, 0.3) is 0 Å². The predicted octanol–water partition coefficient (Wildman–Crippen LogP) is 0.895. The number of hydrogen-bond acceptors (Lipinski definition) is 5. The Morgan fingerprint density at radius 2 is 2.19 bits per heavy atom. The highest BCUT2D eigenvalue weighted by molar-refractivity contribution is 5.74. The number of carbonyl (C=O) groups is 1. The molecular formula is C15H20N4O2. The minimum absolute atomic E-state index is 0.145. The van der Waals surface area contributed by atoms with Crippen LogP contribution < -0.4 is 4.90 Å². The quantitative estimate of drug-likeness (QED) is 0.837. The van der Waals surface area contributed by atoms with E-state index in [0.717, 1.165) is 30.5 Å². The van der Waals surface area contributed by atoms with Crippen LogP contribution in [0.25, 0.3) is 0 Å². The third-order valence-electron chi connectivity index (χ3n) is 3.59. The molecule has 2 rings (SSSR count). The van der Waals surface area contributed by atoms with Crippen LogP contribution in [0.4, 0.5) is 5.82 Å². The number of aliphatic carboxylic acids is 1. The Labute approximate surface area is 124 Å². The van der Waals surface area contributed by atoms with Gasteiger partial charge < -0.3 is 14.9 Å². The van der Waals surface area contributed by atoms with E-state index >= 15 is 0 Å². The molecule has 6 heteroatoms. The van der Waals surface area contributed by atoms with E-state index in [1.54, 1.807) is 4.90 Å². The highest BCUT2D eigenvalue weighted by atomic mass is 16.4. The minimum atomic E-state index is -0.917. The number of fused-ring (bicyclic) bond motifs is 1. The van der Waals surface area contributed by atoms with Crippen LogP contribution >= 0.6 is 0 Å². The molecule has 21 heavy (non-hydrogen) atoms. The van der Waals surface area contributed by atoms with Gasteiger partial charge in [0, 0.05) is 18.8 Å². The summed E-state index contributed by atoms with van der Waals surface area (Å²) < 4.78 is 0. The van der Waals surface area contributed by atoms with Crippen LogP contribution in [-0.4, -0.2) is 54.7 Å². The van der Waals surface area contributed by atoms with Gasteiger partial charge >= 0.3 is 5.97 Å². The number of aryl methyl sites for hydroxylation is 2. The summed E-state index contributed by atoms with van der Waals surface area (Å²) in [6, 6.07) is 4.03. The van der Waals surface area contributed by atoms with Gasteiger partial charge in [0.15, 0.2) is 0 Å². The van der Waals surface area contributed by atoms with Crippen LogP contribution in [0.15, 0.2) is 6.07 Å². The van der Waals surface area contributed by atoms with Crippen molar-refractivity contribution in [2.45, 2.75) is 19.3 Å². The molecule has 1 N–H and O–H groups in total. The molecule has 0 bridgehead atoms. The van der Waals surface area contributed by atoms with Crippen LogP contribution in [0.3, 0.4) is 0 Å². The van der Waals surface area contributed by atoms with Crippen molar-refractivity contribution in [3.63, 3.8) is 0 Å². The number of nitriles is 1. The largest absolute Gasteiger partial charge is 0.480 e. The zero-order chi connectivity index (χ0) is 15.4. The smallest absolute Gasteiger partial charge is 0.323 e. The number of nitrogens with zero attached hydrogens (tertiary/aromatic N) is 4. The van der Waals surface area contributed by atoms with Crippen molar-refractivity contribution >= 4 is 11.8 Å². The van der Waals surface area contributed by atoms with Gasteiger partial charge in [-0.15, -0.1) is 0 Å². The molecule has 1 heterocycles. The Kier molecular flexibility index (Phi) is 4.76. The number of rotatable bonds is 6. The first-order chi connectivity index (χ1) is 10.0. The fraction of sp³-hybridized carbons (Fsp3) is 0.533. The highest BCUT2D eigenvalue weighted by Crippen LogP contribution is 2.26. The molecule has 1 aromatic heterocycles. The summed E-state index contributed by atoms with van der Waals surface area (Å²) >= 11 is 0. The summed E-state index contributed by atoms with van der Waals surface area (Å²) in [5, 5.41) is 18.4. The SMILES string of the molecule is CN(C)CCN(CC(=O)O)c1nc2c(cc1C#N)CCC2. The number of carboxylic acids is 1. The number of anilines is 1. The van der Waals surface area contributed by atoms with Gasteiger partial charge in [-0.05, 0) is 45.0 Å². The van der Waals surface area contributed by atoms with Crippen molar-refractivity contribution in [2.24, 2.45) is 0 Å². The fourth-order valence-electron chi connectivity index (χ4n) is 2.53. The Balaban J connectivity index is 2.34. The molecule has 112 valence electrons. The van der Waals surface area contributed by atoms with Crippen molar-refractivity contribution in [1.82, 2.24) is 9.88 Å². The van der Waals surface area contributed by atoms with E-state index in [2.05, 4.69) is 11.1 Å². The maximum Gasteiger partial charge on any atom is 0.323 e. The van der Waals surface area contributed by atoms with Gasteiger partial charge in [-0.25, -0.2) is 4.98 Å². The molecule has 0 fully saturated rings. The summed E-state index contributed by atoms with van der Waals surface area (Å²) in [6.07, 6.45) is 2.91. The van der Waals surface area contributed by atoms with Crippen molar-refractivity contribution in [3.8, 4) is 6.07 Å². The van der Waals surface area contributed by atoms with Crippen LogP contribution in [0.5, 0.6) is 0 Å². The number of carboxylic acid groups (broad SMARTS) is 1. The minimum Gasteiger partial charge on any atom is -0.480 e. The van der Waals surface area contributed by atoms with Crippen LogP contribution in [0.1, 0.15) is 23.2 Å². The van der Waals surface area contributed by atoms with Crippen molar-refractivity contribution in [1.29, 1.82) is 5.26 Å². The second kappa shape index (κ2) is 6.55. The van der Waals surface area contributed by atoms with E-state index in [-0.39, 0.29) is 6.54 Å². The van der Waals surface area contributed by atoms with Gasteiger partial charge in [0.1, 0.15) is 18.4 Å². The van der Waals surface area contributed by atoms with Gasteiger partial charge in [-0.1, -0.05) is 0 Å². The first-order valence-electron chi connectivity index (χ1n) is 7.05. The molecular weight excluding hydrogens is 268 g/mol. The molecule has 0 aliphatic heterocycles. The predicted molar refractivity (Wildman–Crippen MR) is 79.4 cm³/mol. The van der Waals surface area contributed by atoms with E-state index in [0.29, 0.717) is 24.5 Å². The molecule has 0 amide bonds. The zero-order valence-corrected chi connectivity index (χ0v) is 12.5. The van der Waals surface area contributed by atoms with Crippen molar-refractivity contribution in [2.75, 3.05) is 38.6 Å². The van der Waals surface area contributed by atoms with Gasteiger partial charge in [-0.3, -0.25) is 4.79 Å². The average molecular weight is 288 g/mol. The lowest BCUT2D eigenvalue weighted by atomic mass is 10.1. The summed E-state index contributed by atoms with van der Waals surface area (Å²) in [6.45, 7) is 1.09. The molecule has 0 spiro atoms. The van der Waals surface area contributed by atoms with Crippen LogP contribution in [0, 0.1) is 11.3 Å². The molecule has 0 unspecified atom stereocenters. The highest BCUT2D eigenvalue weighted by Gasteiger charge is 2.21. The normalized spacial score (nSPS) is 13.0. The Morgan fingerprint density at radius 3 is 2.81 bits per heavy atom. The number of aromatic nitrogens is 1. The lowest BCUT2D eigenvalue weighted by Gasteiger charge is -2.25. The third-order valence-corrected chi connectivity index (χ3v) is 3.59. The molecule has 0 radical (unpaired) electrons. The summed E-state index contributed by atoms with van der Waals surface area (Å²) in [7, 11) is 3.86. The average Bonchev–Trinajstić information content (AvgIpc) is 2.88. The molecule has 1 aliphatic rings. The van der Waals surface area contributed by atoms with E-state index in [9.17, 15) is 10.1 Å². The molecule has 1 aliphatic carbocycles. The van der Waals surface area contributed by atoms with E-state index < -0.39 is 5.97 Å². The van der Waals surface area contributed by atoms with E-state index in [1.807, 2.05) is 25.1 Å². The maximum absolute atomic E-state index is 11.1. The third kappa shape index (κ3) is 3.70. The maximum atomic E-state index is 11.1. The molecule has 1 aromatic rings. The van der Waals surface area contributed by atoms with E-state index in [1.165, 1.54) is 0 Å². The summed E-state index contributed by atoms with van der Waals surface area (Å²) in [5.74, 6) is -0.414. The Hall–Kier alpha value is -2.13. The van der Waals surface area contributed by atoms with Gasteiger partial charge in [0.2, 0.25) is 0 Å². The number of likely N-dealkylation sites (N-methyl/N-ethyl adjacent to an activating group) is 1. The summed E-state index contributed by atoms with van der Waals surface area (Å²) in [5.41, 5.74) is 2.60. The van der Waals surface area contributed by atoms with Crippen LogP contribution in [-0.2, 0) is 17.6 Å². The van der Waals surface area contributed by atoms with Gasteiger partial charge in [0.05, 0.1) is 5.56 Å². The van der Waals surface area contributed by atoms with Crippen LogP contribution in [0.2, 0.25) is 0 Å². The second-order valence-electron chi connectivity index (χ2n) is 5.55. The Morgan fingerprint density at radius 1 is 1.43 bits per heavy atom.